The number of carbonyl (C=O) groups is 1. The predicted molar refractivity (Wildman–Crippen MR) is 62.9 cm³/mol. The summed E-state index contributed by atoms with van der Waals surface area (Å²) in [5.74, 6) is -0.304. The minimum absolute atomic E-state index is 0.215. The lowest BCUT2D eigenvalue weighted by Gasteiger charge is -2.09. The first kappa shape index (κ1) is 11.3. The van der Waals surface area contributed by atoms with Gasteiger partial charge in [0.1, 0.15) is 5.69 Å². The average Bonchev–Trinajstić information content (AvgIpc) is 2.70. The number of rotatable bonds is 2. The molecule has 1 N–H and O–H groups in total. The number of nitrogens with one attached hydrogen (secondary N) is 1. The Kier molecular flexibility index (Phi) is 2.91. The molecule has 0 aliphatic rings. The Hall–Kier alpha value is -2.17. The van der Waals surface area contributed by atoms with Crippen molar-refractivity contribution in [3.63, 3.8) is 0 Å². The van der Waals surface area contributed by atoms with E-state index in [1.165, 1.54) is 0 Å². The highest BCUT2D eigenvalue weighted by Gasteiger charge is 2.16. The molecule has 5 nitrogen and oxygen atoms in total. The second-order valence-electron chi connectivity index (χ2n) is 3.92. The van der Waals surface area contributed by atoms with Gasteiger partial charge in [-0.05, 0) is 37.1 Å². The Morgan fingerprint density at radius 2 is 1.82 bits per heavy atom. The number of hydrogen-bond acceptors (Lipinski definition) is 4. The van der Waals surface area contributed by atoms with E-state index >= 15 is 0 Å². The molecule has 0 bridgehead atoms. The first-order chi connectivity index (χ1) is 8.09. The molecule has 5 heteroatoms. The van der Waals surface area contributed by atoms with Gasteiger partial charge in [0.15, 0.2) is 5.69 Å². The molecule has 1 heterocycles. The summed E-state index contributed by atoms with van der Waals surface area (Å²) in [5, 5.41) is 9.97. The van der Waals surface area contributed by atoms with E-state index in [1.807, 2.05) is 32.0 Å². The molecule has 88 valence electrons. The normalized spacial score (nSPS) is 10.3. The number of amides is 1. The third-order valence-electron chi connectivity index (χ3n) is 2.59. The van der Waals surface area contributed by atoms with Gasteiger partial charge in [-0.2, -0.15) is 0 Å². The maximum atomic E-state index is 11.9. The molecule has 0 aliphatic heterocycles. The highest BCUT2D eigenvalue weighted by Crippen LogP contribution is 2.20. The Balaban J connectivity index is 2.28. The van der Waals surface area contributed by atoms with Gasteiger partial charge in [0.25, 0.3) is 5.91 Å². The molecule has 0 radical (unpaired) electrons. The zero-order valence-electron chi connectivity index (χ0n) is 9.94. The molecule has 0 spiro atoms. The number of aromatic nitrogens is 2. The fourth-order valence-electron chi connectivity index (χ4n) is 1.62. The first-order valence-corrected chi connectivity index (χ1v) is 5.26. The molecule has 2 rings (SSSR count). The molecule has 17 heavy (non-hydrogen) atoms. The Labute approximate surface area is 98.8 Å². The number of aryl methyl sites for hydroxylation is 3. The van der Waals surface area contributed by atoms with Crippen molar-refractivity contribution in [2.75, 3.05) is 5.32 Å². The third kappa shape index (κ3) is 2.18. The summed E-state index contributed by atoms with van der Waals surface area (Å²) in [7, 11) is 0. The molecule has 1 amide bonds. The van der Waals surface area contributed by atoms with Crippen LogP contribution in [-0.2, 0) is 0 Å². The van der Waals surface area contributed by atoms with Gasteiger partial charge in [0.05, 0.1) is 0 Å². The number of nitrogens with zero attached hydrogens (tertiary/aromatic N) is 2. The lowest BCUT2D eigenvalue weighted by molar-refractivity contribution is 0.101. The summed E-state index contributed by atoms with van der Waals surface area (Å²) in [4.78, 5) is 11.9. The Morgan fingerprint density at radius 1 is 1.18 bits per heavy atom. The van der Waals surface area contributed by atoms with E-state index in [2.05, 4.69) is 20.3 Å². The van der Waals surface area contributed by atoms with Gasteiger partial charge in [0, 0.05) is 5.69 Å². The molecule has 0 fully saturated rings. The topological polar surface area (TPSA) is 68.0 Å². The molecule has 0 atom stereocenters. The van der Waals surface area contributed by atoms with Crippen LogP contribution in [0.15, 0.2) is 22.8 Å². The molecule has 0 unspecified atom stereocenters. The lowest BCUT2D eigenvalue weighted by atomic mass is 10.1. The van der Waals surface area contributed by atoms with Crippen molar-refractivity contribution in [2.24, 2.45) is 0 Å². The molecule has 1 aromatic carbocycles. The summed E-state index contributed by atoms with van der Waals surface area (Å²) in [5.41, 5.74) is 3.52. The van der Waals surface area contributed by atoms with Gasteiger partial charge in [0.2, 0.25) is 0 Å². The van der Waals surface area contributed by atoms with Gasteiger partial charge in [-0.1, -0.05) is 23.4 Å². The van der Waals surface area contributed by atoms with Crippen molar-refractivity contribution in [2.45, 2.75) is 20.8 Å². The van der Waals surface area contributed by atoms with Gasteiger partial charge in [-0.15, -0.1) is 0 Å². The van der Waals surface area contributed by atoms with Gasteiger partial charge in [-0.25, -0.2) is 4.63 Å². The maximum absolute atomic E-state index is 11.9. The van der Waals surface area contributed by atoms with Crippen LogP contribution in [0.2, 0.25) is 0 Å². The van der Waals surface area contributed by atoms with Crippen molar-refractivity contribution in [3.8, 4) is 0 Å². The van der Waals surface area contributed by atoms with E-state index in [0.717, 1.165) is 16.8 Å². The van der Waals surface area contributed by atoms with Crippen LogP contribution in [0, 0.1) is 20.8 Å². The first-order valence-electron chi connectivity index (χ1n) is 5.26. The minimum atomic E-state index is -0.304. The fraction of sp³-hybridized carbons (Fsp3) is 0.250. The molecular formula is C12H13N3O2. The van der Waals surface area contributed by atoms with Gasteiger partial charge < -0.3 is 5.32 Å². The summed E-state index contributed by atoms with van der Waals surface area (Å²) < 4.78 is 4.50. The van der Waals surface area contributed by atoms with E-state index in [9.17, 15) is 4.79 Å². The van der Waals surface area contributed by atoms with Crippen LogP contribution in [0.4, 0.5) is 5.69 Å². The molecule has 0 aliphatic carbocycles. The van der Waals surface area contributed by atoms with Crippen molar-refractivity contribution < 1.29 is 9.42 Å². The second-order valence-corrected chi connectivity index (χ2v) is 3.92. The third-order valence-corrected chi connectivity index (χ3v) is 2.59. The standard InChI is InChI=1S/C12H13N3O2/c1-7-5-4-6-8(2)10(7)13-12(16)11-9(3)14-17-15-11/h4-6H,1-3H3,(H,13,16). The van der Waals surface area contributed by atoms with Crippen molar-refractivity contribution in [1.82, 2.24) is 10.3 Å². The van der Waals surface area contributed by atoms with Crippen LogP contribution in [0.5, 0.6) is 0 Å². The SMILES string of the molecule is Cc1cccc(C)c1NC(=O)c1nonc1C. The van der Waals surface area contributed by atoms with E-state index in [-0.39, 0.29) is 11.6 Å². The van der Waals surface area contributed by atoms with Crippen LogP contribution in [0.25, 0.3) is 0 Å². The molecule has 2 aromatic rings. The van der Waals surface area contributed by atoms with Crippen molar-refractivity contribution in [3.05, 3.63) is 40.7 Å². The molecule has 1 aromatic heterocycles. The number of hydrogen-bond donors (Lipinski definition) is 1. The molecule has 0 saturated heterocycles. The number of benzene rings is 1. The van der Waals surface area contributed by atoms with E-state index in [4.69, 9.17) is 0 Å². The average molecular weight is 231 g/mol. The molecular weight excluding hydrogens is 218 g/mol. The summed E-state index contributed by atoms with van der Waals surface area (Å²) in [6.45, 7) is 5.56. The van der Waals surface area contributed by atoms with Gasteiger partial charge in [-0.3, -0.25) is 4.79 Å². The number of carbonyl (C=O) groups excluding carboxylic acids is 1. The number of para-hydroxylation sites is 1. The smallest absolute Gasteiger partial charge is 0.279 e. The van der Waals surface area contributed by atoms with Crippen molar-refractivity contribution >= 4 is 11.6 Å². The predicted octanol–water partition coefficient (Wildman–Crippen LogP) is 2.25. The van der Waals surface area contributed by atoms with E-state index < -0.39 is 0 Å². The maximum Gasteiger partial charge on any atom is 0.279 e. The highest BCUT2D eigenvalue weighted by molar-refractivity contribution is 6.04. The van der Waals surface area contributed by atoms with Crippen LogP contribution < -0.4 is 5.32 Å². The Morgan fingerprint density at radius 3 is 2.35 bits per heavy atom. The van der Waals surface area contributed by atoms with Crippen LogP contribution >= 0.6 is 0 Å². The highest BCUT2D eigenvalue weighted by atomic mass is 16.6. The largest absolute Gasteiger partial charge is 0.320 e. The van der Waals surface area contributed by atoms with Gasteiger partial charge >= 0.3 is 0 Å². The van der Waals surface area contributed by atoms with E-state index in [0.29, 0.717) is 5.69 Å². The van der Waals surface area contributed by atoms with Crippen LogP contribution in [0.3, 0.4) is 0 Å². The van der Waals surface area contributed by atoms with Crippen LogP contribution in [0.1, 0.15) is 27.3 Å². The summed E-state index contributed by atoms with van der Waals surface area (Å²) in [6.07, 6.45) is 0. The monoisotopic (exact) mass is 231 g/mol. The lowest BCUT2D eigenvalue weighted by Crippen LogP contribution is -2.15. The van der Waals surface area contributed by atoms with Crippen LogP contribution in [-0.4, -0.2) is 16.2 Å². The summed E-state index contributed by atoms with van der Waals surface area (Å²) in [6, 6.07) is 5.83. The minimum Gasteiger partial charge on any atom is -0.320 e. The van der Waals surface area contributed by atoms with E-state index in [1.54, 1.807) is 6.92 Å². The summed E-state index contributed by atoms with van der Waals surface area (Å²) >= 11 is 0. The fourth-order valence-corrected chi connectivity index (χ4v) is 1.62. The number of anilines is 1. The zero-order valence-corrected chi connectivity index (χ0v) is 9.94. The van der Waals surface area contributed by atoms with Crippen molar-refractivity contribution in [1.29, 1.82) is 0 Å². The molecule has 0 saturated carbocycles. The second kappa shape index (κ2) is 4.37. The zero-order chi connectivity index (χ0) is 12.4. The quantitative estimate of drug-likeness (QED) is 0.860. The Bertz CT molecular complexity index is 540.